The average Bonchev–Trinajstić information content (AvgIpc) is 2.95. The van der Waals surface area contributed by atoms with Crippen LogP contribution in [-0.2, 0) is 9.84 Å². The molecule has 0 spiro atoms. The third kappa shape index (κ3) is 10.1. The SMILES string of the molecule is CCCCCCCCCCCCCCCCOc1ccc(S(=O)(=O)c2cnc3ccc(SC)cc3c2)cc1F. The summed E-state index contributed by atoms with van der Waals surface area (Å²) in [6.45, 7) is 2.68. The summed E-state index contributed by atoms with van der Waals surface area (Å²) in [5.41, 5.74) is 0.713. The van der Waals surface area contributed by atoms with Crippen LogP contribution in [0.5, 0.6) is 5.75 Å². The minimum Gasteiger partial charge on any atom is -0.491 e. The van der Waals surface area contributed by atoms with Gasteiger partial charge in [0.1, 0.15) is 0 Å². The Balaban J connectivity index is 1.36. The van der Waals surface area contributed by atoms with E-state index in [-0.39, 0.29) is 15.5 Å². The summed E-state index contributed by atoms with van der Waals surface area (Å²) in [7, 11) is -3.90. The lowest BCUT2D eigenvalue weighted by atomic mass is 10.0. The van der Waals surface area contributed by atoms with Crippen molar-refractivity contribution < 1.29 is 17.5 Å². The predicted octanol–water partition coefficient (Wildman–Crippen LogP) is 9.79. The van der Waals surface area contributed by atoms with Crippen molar-refractivity contribution in [2.75, 3.05) is 12.9 Å². The van der Waals surface area contributed by atoms with Gasteiger partial charge in [-0.2, -0.15) is 0 Å². The molecule has 0 N–H and O–H groups in total. The minimum absolute atomic E-state index is 0.0451. The molecule has 0 atom stereocenters. The maximum absolute atomic E-state index is 14.7. The number of pyridine rings is 1. The predicted molar refractivity (Wildman–Crippen MR) is 161 cm³/mol. The number of hydrogen-bond donors (Lipinski definition) is 0. The van der Waals surface area contributed by atoms with Crippen LogP contribution >= 0.6 is 11.8 Å². The van der Waals surface area contributed by atoms with Crippen LogP contribution in [0, 0.1) is 5.82 Å². The van der Waals surface area contributed by atoms with E-state index in [0.29, 0.717) is 12.1 Å². The van der Waals surface area contributed by atoms with Crippen LogP contribution in [0.2, 0.25) is 0 Å². The molecule has 1 aromatic heterocycles. The first-order valence-electron chi connectivity index (χ1n) is 14.6. The molecular weight excluding hydrogens is 529 g/mol. The molecule has 0 saturated heterocycles. The number of rotatable bonds is 19. The van der Waals surface area contributed by atoms with Gasteiger partial charge in [-0.25, -0.2) is 12.8 Å². The van der Waals surface area contributed by atoms with Gasteiger partial charge in [0.25, 0.3) is 0 Å². The fourth-order valence-electron chi connectivity index (χ4n) is 4.74. The van der Waals surface area contributed by atoms with E-state index >= 15 is 0 Å². The second-order valence-electron chi connectivity index (χ2n) is 10.3. The molecule has 39 heavy (non-hydrogen) atoms. The molecule has 3 rings (SSSR count). The molecular formula is C32H44FNO3S2. The summed E-state index contributed by atoms with van der Waals surface area (Å²) in [5, 5.41) is 0.733. The van der Waals surface area contributed by atoms with E-state index in [1.165, 1.54) is 89.0 Å². The summed E-state index contributed by atoms with van der Waals surface area (Å²) < 4.78 is 46.6. The first-order valence-corrected chi connectivity index (χ1v) is 17.3. The maximum atomic E-state index is 14.7. The minimum atomic E-state index is -3.90. The number of ether oxygens (including phenoxy) is 1. The molecule has 1 heterocycles. The Morgan fingerprint density at radius 2 is 1.38 bits per heavy atom. The van der Waals surface area contributed by atoms with Crippen LogP contribution in [0.15, 0.2) is 63.3 Å². The Bertz CT molecular complexity index is 1260. The van der Waals surface area contributed by atoms with Crippen molar-refractivity contribution in [3.8, 4) is 5.75 Å². The lowest BCUT2D eigenvalue weighted by Crippen LogP contribution is -2.05. The van der Waals surface area contributed by atoms with E-state index in [9.17, 15) is 12.8 Å². The summed E-state index contributed by atoms with van der Waals surface area (Å²) in [6, 6.07) is 11.2. The number of fused-ring (bicyclic) bond motifs is 1. The molecule has 0 bridgehead atoms. The van der Waals surface area contributed by atoms with Gasteiger partial charge in [0, 0.05) is 16.5 Å². The molecule has 214 valence electrons. The normalized spacial score (nSPS) is 11.8. The van der Waals surface area contributed by atoms with E-state index in [0.717, 1.165) is 35.6 Å². The third-order valence-corrected chi connectivity index (χ3v) is 9.59. The van der Waals surface area contributed by atoms with Crippen molar-refractivity contribution in [2.24, 2.45) is 0 Å². The molecule has 0 saturated carbocycles. The molecule has 0 amide bonds. The topological polar surface area (TPSA) is 56.3 Å². The van der Waals surface area contributed by atoms with E-state index < -0.39 is 15.7 Å². The molecule has 7 heteroatoms. The zero-order chi connectivity index (χ0) is 27.9. The number of benzene rings is 2. The zero-order valence-electron chi connectivity index (χ0n) is 23.6. The summed E-state index contributed by atoms with van der Waals surface area (Å²) in [6.07, 6.45) is 21.2. The molecule has 0 aliphatic rings. The van der Waals surface area contributed by atoms with Crippen LogP contribution in [0.1, 0.15) is 96.8 Å². The fraction of sp³-hybridized carbons (Fsp3) is 0.531. The van der Waals surface area contributed by atoms with Crippen LogP contribution in [0.4, 0.5) is 4.39 Å². The molecule has 0 aliphatic carbocycles. The first kappa shape index (κ1) is 31.4. The van der Waals surface area contributed by atoms with E-state index in [2.05, 4.69) is 11.9 Å². The zero-order valence-corrected chi connectivity index (χ0v) is 25.2. The van der Waals surface area contributed by atoms with Crippen LogP contribution < -0.4 is 4.74 Å². The Morgan fingerprint density at radius 3 is 1.97 bits per heavy atom. The van der Waals surface area contributed by atoms with Crippen LogP contribution in [-0.4, -0.2) is 26.3 Å². The molecule has 4 nitrogen and oxygen atoms in total. The van der Waals surface area contributed by atoms with E-state index in [4.69, 9.17) is 4.74 Å². The highest BCUT2D eigenvalue weighted by atomic mass is 32.2. The first-order chi connectivity index (χ1) is 19.0. The monoisotopic (exact) mass is 573 g/mol. The number of aromatic nitrogens is 1. The molecule has 0 fully saturated rings. The molecule has 2 aromatic carbocycles. The highest BCUT2D eigenvalue weighted by molar-refractivity contribution is 7.98. The van der Waals surface area contributed by atoms with E-state index in [1.807, 2.05) is 24.5 Å². The smallest absolute Gasteiger partial charge is 0.208 e. The molecule has 3 aromatic rings. The number of thioether (sulfide) groups is 1. The lowest BCUT2D eigenvalue weighted by molar-refractivity contribution is 0.289. The van der Waals surface area contributed by atoms with Crippen LogP contribution in [0.3, 0.4) is 0 Å². The summed E-state index contributed by atoms with van der Waals surface area (Å²) in [5.74, 6) is -0.579. The lowest BCUT2D eigenvalue weighted by Gasteiger charge is -2.10. The fourth-order valence-corrected chi connectivity index (χ4v) is 6.44. The van der Waals surface area contributed by atoms with Crippen molar-refractivity contribution in [3.05, 3.63) is 54.5 Å². The second kappa shape index (κ2) is 16.9. The van der Waals surface area contributed by atoms with Gasteiger partial charge < -0.3 is 4.74 Å². The molecule has 0 aliphatic heterocycles. The summed E-state index contributed by atoms with van der Waals surface area (Å²) >= 11 is 1.57. The van der Waals surface area contributed by atoms with Gasteiger partial charge >= 0.3 is 0 Å². The number of sulfone groups is 1. The third-order valence-electron chi connectivity index (χ3n) is 7.14. The largest absolute Gasteiger partial charge is 0.491 e. The number of hydrogen-bond acceptors (Lipinski definition) is 5. The maximum Gasteiger partial charge on any atom is 0.208 e. The van der Waals surface area contributed by atoms with Gasteiger partial charge in [-0.15, -0.1) is 11.8 Å². The Labute approximate surface area is 239 Å². The van der Waals surface area contributed by atoms with Gasteiger partial charge in [-0.05, 0) is 55.1 Å². The van der Waals surface area contributed by atoms with Crippen LogP contribution in [0.25, 0.3) is 10.9 Å². The Kier molecular flexibility index (Phi) is 13.6. The van der Waals surface area contributed by atoms with Crippen molar-refractivity contribution in [3.63, 3.8) is 0 Å². The molecule has 0 radical (unpaired) electrons. The Morgan fingerprint density at radius 1 is 0.769 bits per heavy atom. The van der Waals surface area contributed by atoms with Gasteiger partial charge in [0.2, 0.25) is 9.84 Å². The highest BCUT2D eigenvalue weighted by Gasteiger charge is 2.21. The van der Waals surface area contributed by atoms with Gasteiger partial charge in [0.15, 0.2) is 11.6 Å². The van der Waals surface area contributed by atoms with Gasteiger partial charge in [-0.1, -0.05) is 90.4 Å². The summed E-state index contributed by atoms with van der Waals surface area (Å²) in [4.78, 5) is 5.24. The van der Waals surface area contributed by atoms with Gasteiger partial charge in [-0.3, -0.25) is 4.98 Å². The standard InChI is InChI=1S/C32H44FNO3S2/c1-3-4-5-6-7-8-9-10-11-12-13-14-15-16-21-37-32-20-18-28(24-30(32)33)39(35,36)29-23-26-22-27(38-2)17-19-31(26)34-25-29/h17-20,22-25H,3-16,21H2,1-2H3. The molecule has 0 unspecified atom stereocenters. The number of nitrogens with zero attached hydrogens (tertiary/aromatic N) is 1. The second-order valence-corrected chi connectivity index (χ2v) is 13.1. The van der Waals surface area contributed by atoms with E-state index in [1.54, 1.807) is 17.8 Å². The van der Waals surface area contributed by atoms with Crippen molar-refractivity contribution >= 4 is 32.5 Å². The van der Waals surface area contributed by atoms with Crippen molar-refractivity contribution in [2.45, 2.75) is 112 Å². The number of halogens is 1. The quantitative estimate of drug-likeness (QED) is 0.105. The van der Waals surface area contributed by atoms with Gasteiger partial charge in [0.05, 0.1) is 21.9 Å². The number of unbranched alkanes of at least 4 members (excludes halogenated alkanes) is 13. The van der Waals surface area contributed by atoms with Crippen molar-refractivity contribution in [1.29, 1.82) is 0 Å². The Hall–Kier alpha value is -2.12. The average molecular weight is 574 g/mol. The highest BCUT2D eigenvalue weighted by Crippen LogP contribution is 2.28. The van der Waals surface area contributed by atoms with Crippen molar-refractivity contribution in [1.82, 2.24) is 4.98 Å².